The second-order valence-electron chi connectivity index (χ2n) is 6.23. The third-order valence-electron chi connectivity index (χ3n) is 5.17. The van der Waals surface area contributed by atoms with Gasteiger partial charge in [-0.05, 0) is 44.9 Å². The van der Waals surface area contributed by atoms with Crippen LogP contribution in [0.15, 0.2) is 0 Å². The van der Waals surface area contributed by atoms with Crippen molar-refractivity contribution in [1.29, 1.82) is 0 Å². The lowest BCUT2D eigenvalue weighted by Gasteiger charge is -2.43. The van der Waals surface area contributed by atoms with E-state index in [4.69, 9.17) is 4.74 Å². The molecule has 0 aromatic heterocycles. The van der Waals surface area contributed by atoms with Gasteiger partial charge in [-0.2, -0.15) is 0 Å². The molecule has 0 aromatic carbocycles. The zero-order valence-corrected chi connectivity index (χ0v) is 11.1. The Hall–Kier alpha value is -0.610. The Kier molecular flexibility index (Phi) is 3.10. The van der Waals surface area contributed by atoms with Crippen molar-refractivity contribution in [2.45, 2.75) is 75.2 Å². The number of ether oxygens (including phenoxy) is 1. The van der Waals surface area contributed by atoms with Crippen molar-refractivity contribution in [3.8, 4) is 0 Å². The summed E-state index contributed by atoms with van der Waals surface area (Å²) in [6, 6.07) is 0.556. The monoisotopic (exact) mass is 253 g/mol. The van der Waals surface area contributed by atoms with Gasteiger partial charge in [0.2, 0.25) is 5.91 Å². The first-order chi connectivity index (χ1) is 8.63. The molecule has 1 saturated carbocycles. The number of rotatable bonds is 3. The maximum atomic E-state index is 12.5. The Morgan fingerprint density at radius 1 is 1.33 bits per heavy atom. The van der Waals surface area contributed by atoms with Crippen LogP contribution in [0.5, 0.6) is 0 Å². The second-order valence-corrected chi connectivity index (χ2v) is 6.23. The lowest BCUT2D eigenvalue weighted by Crippen LogP contribution is -2.51. The van der Waals surface area contributed by atoms with Crippen LogP contribution >= 0.6 is 0 Å². The minimum Gasteiger partial charge on any atom is -0.393 e. The van der Waals surface area contributed by atoms with Gasteiger partial charge >= 0.3 is 0 Å². The Labute approximate surface area is 108 Å². The van der Waals surface area contributed by atoms with Crippen molar-refractivity contribution in [1.82, 2.24) is 4.90 Å². The van der Waals surface area contributed by atoms with Crippen LogP contribution in [0.2, 0.25) is 0 Å². The number of carbonyl (C=O) groups is 1. The molecule has 0 radical (unpaired) electrons. The molecule has 2 saturated heterocycles. The van der Waals surface area contributed by atoms with E-state index in [-0.39, 0.29) is 29.7 Å². The first kappa shape index (κ1) is 12.4. The van der Waals surface area contributed by atoms with E-state index in [1.807, 2.05) is 0 Å². The molecular weight excluding hydrogens is 230 g/mol. The number of methoxy groups -OCH3 is 1. The summed E-state index contributed by atoms with van der Waals surface area (Å²) >= 11 is 0. The van der Waals surface area contributed by atoms with Crippen LogP contribution in [-0.4, -0.2) is 46.8 Å². The Balaban J connectivity index is 1.66. The van der Waals surface area contributed by atoms with Crippen molar-refractivity contribution in [2.75, 3.05) is 7.11 Å². The highest BCUT2D eigenvalue weighted by Gasteiger charge is 2.46. The Morgan fingerprint density at radius 2 is 1.94 bits per heavy atom. The fraction of sp³-hybridized carbons (Fsp3) is 0.929. The molecule has 1 aliphatic carbocycles. The Bertz CT molecular complexity index is 320. The van der Waals surface area contributed by atoms with Crippen molar-refractivity contribution in [3.05, 3.63) is 0 Å². The zero-order chi connectivity index (χ0) is 12.8. The van der Waals surface area contributed by atoms with Gasteiger partial charge in [-0.25, -0.2) is 0 Å². The summed E-state index contributed by atoms with van der Waals surface area (Å²) in [7, 11) is 1.72. The van der Waals surface area contributed by atoms with Crippen LogP contribution in [0.25, 0.3) is 0 Å². The molecule has 4 nitrogen and oxygen atoms in total. The smallest absolute Gasteiger partial charge is 0.225 e. The highest BCUT2D eigenvalue weighted by atomic mass is 16.5. The van der Waals surface area contributed by atoms with E-state index in [1.54, 1.807) is 7.11 Å². The molecule has 3 rings (SSSR count). The number of nitrogens with zero attached hydrogens (tertiary/aromatic N) is 1. The van der Waals surface area contributed by atoms with Crippen LogP contribution in [0, 0.1) is 0 Å². The van der Waals surface area contributed by atoms with Crippen molar-refractivity contribution in [2.24, 2.45) is 0 Å². The maximum Gasteiger partial charge on any atom is 0.225 e. The van der Waals surface area contributed by atoms with Crippen molar-refractivity contribution in [3.63, 3.8) is 0 Å². The van der Waals surface area contributed by atoms with E-state index in [0.29, 0.717) is 6.42 Å². The van der Waals surface area contributed by atoms with Crippen LogP contribution in [0.4, 0.5) is 0 Å². The van der Waals surface area contributed by atoms with Gasteiger partial charge in [0.15, 0.2) is 0 Å². The average Bonchev–Trinajstić information content (AvgIpc) is 2.56. The molecule has 2 atom stereocenters. The van der Waals surface area contributed by atoms with E-state index in [0.717, 1.165) is 38.5 Å². The molecule has 2 unspecified atom stereocenters. The minimum atomic E-state index is -0.202. The van der Waals surface area contributed by atoms with E-state index in [2.05, 4.69) is 4.90 Å². The predicted octanol–water partition coefficient (Wildman–Crippen LogP) is 1.46. The van der Waals surface area contributed by atoms with Gasteiger partial charge in [0.05, 0.1) is 18.1 Å². The highest BCUT2D eigenvalue weighted by Crippen LogP contribution is 2.41. The highest BCUT2D eigenvalue weighted by molar-refractivity contribution is 5.78. The summed E-state index contributed by atoms with van der Waals surface area (Å²) < 4.78 is 5.55. The number of piperidine rings is 1. The molecule has 2 bridgehead atoms. The van der Waals surface area contributed by atoms with Gasteiger partial charge in [0, 0.05) is 19.2 Å². The van der Waals surface area contributed by atoms with E-state index in [1.165, 1.54) is 6.42 Å². The maximum absolute atomic E-state index is 12.5. The third kappa shape index (κ3) is 1.95. The van der Waals surface area contributed by atoms with E-state index < -0.39 is 0 Å². The standard InChI is InChI=1S/C14H23NO3/c1-18-14(5-2-6-14)9-13(17)15-10-3-4-11(15)8-12(16)7-10/h10-12,16H,2-9H2,1H3. The van der Waals surface area contributed by atoms with Gasteiger partial charge in [-0.15, -0.1) is 0 Å². The number of carbonyl (C=O) groups excluding carboxylic acids is 1. The quantitative estimate of drug-likeness (QED) is 0.828. The van der Waals surface area contributed by atoms with Crippen molar-refractivity contribution >= 4 is 5.91 Å². The van der Waals surface area contributed by atoms with Crippen LogP contribution in [-0.2, 0) is 9.53 Å². The van der Waals surface area contributed by atoms with E-state index >= 15 is 0 Å². The van der Waals surface area contributed by atoms with Crippen LogP contribution in [0.1, 0.15) is 51.4 Å². The zero-order valence-electron chi connectivity index (χ0n) is 11.1. The average molecular weight is 253 g/mol. The molecule has 2 heterocycles. The first-order valence-corrected chi connectivity index (χ1v) is 7.18. The van der Waals surface area contributed by atoms with Gasteiger partial charge in [-0.3, -0.25) is 4.79 Å². The third-order valence-corrected chi connectivity index (χ3v) is 5.17. The lowest BCUT2D eigenvalue weighted by atomic mass is 9.77. The Morgan fingerprint density at radius 3 is 2.39 bits per heavy atom. The molecule has 2 aliphatic heterocycles. The molecule has 0 aromatic rings. The summed E-state index contributed by atoms with van der Waals surface area (Å²) in [5.74, 6) is 0.246. The van der Waals surface area contributed by atoms with Gasteiger partial charge in [0.25, 0.3) is 0 Å². The summed E-state index contributed by atoms with van der Waals surface area (Å²) in [4.78, 5) is 14.6. The molecular formula is C14H23NO3. The number of hydrogen-bond acceptors (Lipinski definition) is 3. The van der Waals surface area contributed by atoms with Crippen LogP contribution < -0.4 is 0 Å². The largest absolute Gasteiger partial charge is 0.393 e. The lowest BCUT2D eigenvalue weighted by molar-refractivity contribution is -0.149. The number of aliphatic hydroxyl groups is 1. The van der Waals surface area contributed by atoms with Crippen molar-refractivity contribution < 1.29 is 14.6 Å². The van der Waals surface area contributed by atoms with Gasteiger partial charge in [-0.1, -0.05) is 0 Å². The summed E-state index contributed by atoms with van der Waals surface area (Å²) in [6.45, 7) is 0. The SMILES string of the molecule is COC1(CC(=O)N2C3CCC2CC(O)C3)CCC1. The summed E-state index contributed by atoms with van der Waals surface area (Å²) in [5.41, 5.74) is -0.174. The summed E-state index contributed by atoms with van der Waals surface area (Å²) in [6.07, 6.45) is 7.19. The van der Waals surface area contributed by atoms with E-state index in [9.17, 15) is 9.90 Å². The fourth-order valence-corrected chi connectivity index (χ4v) is 3.95. The molecule has 18 heavy (non-hydrogen) atoms. The van der Waals surface area contributed by atoms with Gasteiger partial charge in [0.1, 0.15) is 0 Å². The second kappa shape index (κ2) is 4.49. The molecule has 3 fully saturated rings. The molecule has 4 heteroatoms. The topological polar surface area (TPSA) is 49.8 Å². The fourth-order valence-electron chi connectivity index (χ4n) is 3.95. The van der Waals surface area contributed by atoms with Crippen LogP contribution in [0.3, 0.4) is 0 Å². The number of fused-ring (bicyclic) bond motifs is 2. The number of aliphatic hydroxyl groups excluding tert-OH is 1. The van der Waals surface area contributed by atoms with Gasteiger partial charge < -0.3 is 14.7 Å². The predicted molar refractivity (Wildman–Crippen MR) is 67.1 cm³/mol. The normalized spacial score (nSPS) is 37.4. The number of amides is 1. The first-order valence-electron chi connectivity index (χ1n) is 7.18. The number of hydrogen-bond donors (Lipinski definition) is 1. The summed E-state index contributed by atoms with van der Waals surface area (Å²) in [5, 5.41) is 9.76. The molecule has 1 amide bonds. The molecule has 0 spiro atoms. The molecule has 3 aliphatic rings. The molecule has 102 valence electrons. The minimum absolute atomic E-state index is 0.174. The molecule has 1 N–H and O–H groups in total.